The summed E-state index contributed by atoms with van der Waals surface area (Å²) < 4.78 is 0. The maximum Gasteiger partial charge on any atom is 0.126 e. The van der Waals surface area contributed by atoms with Gasteiger partial charge in [-0.15, -0.1) is 11.3 Å². The largest absolute Gasteiger partial charge is 0.403 e. The van der Waals surface area contributed by atoms with Crippen LogP contribution in [0.5, 0.6) is 0 Å². The van der Waals surface area contributed by atoms with Crippen LogP contribution >= 0.6 is 22.9 Å². The lowest BCUT2D eigenvalue weighted by molar-refractivity contribution is 1.03. The average Bonchev–Trinajstić information content (AvgIpc) is 2.89. The summed E-state index contributed by atoms with van der Waals surface area (Å²) in [5.41, 5.74) is 8.63. The van der Waals surface area contributed by atoms with Crippen molar-refractivity contribution in [3.8, 4) is 0 Å². The van der Waals surface area contributed by atoms with Crippen LogP contribution in [-0.4, -0.2) is 11.7 Å². The summed E-state index contributed by atoms with van der Waals surface area (Å²) >= 11 is 7.83. The predicted octanol–water partition coefficient (Wildman–Crippen LogP) is 4.80. The van der Waals surface area contributed by atoms with Gasteiger partial charge >= 0.3 is 0 Å². The minimum Gasteiger partial charge on any atom is -0.403 e. The van der Waals surface area contributed by atoms with Crippen molar-refractivity contribution in [2.45, 2.75) is 13.8 Å². The second-order valence-corrected chi connectivity index (χ2v) is 5.99. The van der Waals surface area contributed by atoms with Crippen LogP contribution in [0.4, 0.5) is 10.7 Å². The van der Waals surface area contributed by atoms with Crippen molar-refractivity contribution in [1.29, 1.82) is 0 Å². The molecule has 5 heteroatoms. The molecule has 0 aliphatic carbocycles. The smallest absolute Gasteiger partial charge is 0.126 e. The van der Waals surface area contributed by atoms with Gasteiger partial charge in [0.2, 0.25) is 0 Å². The number of thiophene rings is 1. The lowest BCUT2D eigenvalue weighted by Gasteiger charge is -2.26. The molecule has 0 atom stereocenters. The molecule has 110 valence electrons. The second-order valence-electron chi connectivity index (χ2n) is 4.52. The van der Waals surface area contributed by atoms with Crippen LogP contribution in [-0.2, 0) is 0 Å². The Hall–Kier alpha value is -1.78. The summed E-state index contributed by atoms with van der Waals surface area (Å²) in [6.07, 6.45) is 9.38. The summed E-state index contributed by atoms with van der Waals surface area (Å²) in [5.74, 6) is 0. The first kappa shape index (κ1) is 15.6. The van der Waals surface area contributed by atoms with E-state index in [1.807, 2.05) is 26.0 Å². The van der Waals surface area contributed by atoms with Gasteiger partial charge in [0.1, 0.15) is 10.2 Å². The number of nitrogens with zero attached hydrogens (tertiary/aromatic N) is 2. The van der Waals surface area contributed by atoms with Gasteiger partial charge in [0.15, 0.2) is 0 Å². The summed E-state index contributed by atoms with van der Waals surface area (Å²) in [5, 5.41) is 1.64. The fourth-order valence-electron chi connectivity index (χ4n) is 2.02. The van der Waals surface area contributed by atoms with Gasteiger partial charge in [-0.25, -0.2) is 4.99 Å². The molecule has 1 aliphatic heterocycles. The normalized spacial score (nSPS) is 16.1. The Balaban J connectivity index is 2.48. The third-order valence-electron chi connectivity index (χ3n) is 3.14. The zero-order valence-corrected chi connectivity index (χ0v) is 13.7. The second kappa shape index (κ2) is 6.78. The predicted molar refractivity (Wildman–Crippen MR) is 95.5 cm³/mol. The fraction of sp³-hybridized carbons (Fsp3) is 0.188. The van der Waals surface area contributed by atoms with E-state index in [0.717, 1.165) is 26.8 Å². The van der Waals surface area contributed by atoms with Crippen LogP contribution in [0, 0.1) is 0 Å². The Morgan fingerprint density at radius 1 is 1.57 bits per heavy atom. The molecule has 0 radical (unpaired) electrons. The van der Waals surface area contributed by atoms with E-state index in [-0.39, 0.29) is 0 Å². The molecule has 0 saturated heterocycles. The molecule has 1 aromatic rings. The number of anilines is 1. The highest BCUT2D eigenvalue weighted by molar-refractivity contribution is 7.18. The number of rotatable bonds is 4. The quantitative estimate of drug-likeness (QED) is 0.810. The van der Waals surface area contributed by atoms with Gasteiger partial charge in [0.25, 0.3) is 0 Å². The molecule has 0 amide bonds. The number of hydrogen-bond donors (Lipinski definition) is 1. The molecule has 21 heavy (non-hydrogen) atoms. The molecule has 0 aromatic carbocycles. The maximum absolute atomic E-state index is 6.15. The van der Waals surface area contributed by atoms with Gasteiger partial charge in [0, 0.05) is 16.8 Å². The number of hydrogen-bond acceptors (Lipinski definition) is 4. The highest BCUT2D eigenvalue weighted by atomic mass is 35.5. The van der Waals surface area contributed by atoms with E-state index in [1.165, 1.54) is 0 Å². The van der Waals surface area contributed by atoms with E-state index < -0.39 is 0 Å². The molecular weight excluding hydrogens is 302 g/mol. The molecule has 0 saturated carbocycles. The standard InChI is InChI=1S/C16H18ClN3S/c1-4-6-7-12(5-2)14-8-13-16(21-14)20(11(3)9-18)10-15(17)19-13/h4-9H,1,10,18H2,2-3H3/b7-6-,11-9-,12-5+. The highest BCUT2D eigenvalue weighted by Gasteiger charge is 2.23. The minimum absolute atomic E-state index is 0.557. The Bertz CT molecular complexity index is 665. The van der Waals surface area contributed by atoms with Crippen LogP contribution in [0.1, 0.15) is 18.7 Å². The lowest BCUT2D eigenvalue weighted by Crippen LogP contribution is -2.28. The molecule has 2 heterocycles. The van der Waals surface area contributed by atoms with Crippen molar-refractivity contribution < 1.29 is 0 Å². The average molecular weight is 320 g/mol. The van der Waals surface area contributed by atoms with Crippen LogP contribution in [0.25, 0.3) is 5.57 Å². The molecule has 2 rings (SSSR count). The Morgan fingerprint density at radius 2 is 2.33 bits per heavy atom. The molecule has 1 aromatic heterocycles. The molecule has 3 nitrogen and oxygen atoms in total. The van der Waals surface area contributed by atoms with Crippen LogP contribution < -0.4 is 10.6 Å². The Kier molecular flexibility index (Phi) is 5.04. The molecule has 0 unspecified atom stereocenters. The van der Waals surface area contributed by atoms with Gasteiger partial charge in [-0.05, 0) is 25.5 Å². The van der Waals surface area contributed by atoms with Crippen molar-refractivity contribution in [1.82, 2.24) is 0 Å². The van der Waals surface area contributed by atoms with Gasteiger partial charge in [-0.2, -0.15) is 0 Å². The van der Waals surface area contributed by atoms with Gasteiger partial charge in [-0.3, -0.25) is 0 Å². The van der Waals surface area contributed by atoms with Gasteiger partial charge in [0.05, 0.1) is 12.2 Å². The topological polar surface area (TPSA) is 41.6 Å². The van der Waals surface area contributed by atoms with E-state index in [2.05, 4.69) is 28.6 Å². The molecule has 0 fully saturated rings. The first-order chi connectivity index (χ1) is 10.1. The first-order valence-corrected chi connectivity index (χ1v) is 7.78. The summed E-state index contributed by atoms with van der Waals surface area (Å²) in [7, 11) is 0. The number of aliphatic imine (C=N–C) groups is 1. The van der Waals surface area contributed by atoms with Crippen LogP contribution in [0.2, 0.25) is 0 Å². The third-order valence-corrected chi connectivity index (χ3v) is 4.54. The van der Waals surface area contributed by atoms with Crippen molar-refractivity contribution >= 4 is 44.4 Å². The third kappa shape index (κ3) is 3.28. The molecule has 1 aliphatic rings. The van der Waals surface area contributed by atoms with E-state index in [0.29, 0.717) is 11.7 Å². The van der Waals surface area contributed by atoms with Crippen LogP contribution in [0.15, 0.2) is 53.8 Å². The lowest BCUT2D eigenvalue weighted by atomic mass is 10.2. The van der Waals surface area contributed by atoms with Crippen molar-refractivity contribution in [2.24, 2.45) is 10.7 Å². The van der Waals surface area contributed by atoms with E-state index in [4.69, 9.17) is 17.3 Å². The number of halogens is 1. The highest BCUT2D eigenvalue weighted by Crippen LogP contribution is 2.44. The van der Waals surface area contributed by atoms with Crippen molar-refractivity contribution in [3.63, 3.8) is 0 Å². The van der Waals surface area contributed by atoms with Crippen molar-refractivity contribution in [2.75, 3.05) is 11.4 Å². The van der Waals surface area contributed by atoms with Crippen molar-refractivity contribution in [3.05, 3.63) is 53.7 Å². The van der Waals surface area contributed by atoms with Crippen LogP contribution in [0.3, 0.4) is 0 Å². The monoisotopic (exact) mass is 319 g/mol. The minimum atomic E-state index is 0.557. The molecule has 2 N–H and O–H groups in total. The molecule has 0 bridgehead atoms. The molecular formula is C16H18ClN3S. The zero-order valence-electron chi connectivity index (χ0n) is 12.1. The van der Waals surface area contributed by atoms with E-state index >= 15 is 0 Å². The van der Waals surface area contributed by atoms with Gasteiger partial charge < -0.3 is 10.6 Å². The fourth-order valence-corrected chi connectivity index (χ4v) is 3.44. The summed E-state index contributed by atoms with van der Waals surface area (Å²) in [4.78, 5) is 7.67. The number of allylic oxidation sites excluding steroid dienone is 6. The zero-order chi connectivity index (χ0) is 15.4. The number of fused-ring (bicyclic) bond motifs is 1. The Labute approximate surface area is 134 Å². The van der Waals surface area contributed by atoms with E-state index in [1.54, 1.807) is 23.6 Å². The summed E-state index contributed by atoms with van der Waals surface area (Å²) in [6, 6.07) is 2.06. The summed E-state index contributed by atoms with van der Waals surface area (Å²) in [6.45, 7) is 8.24. The maximum atomic E-state index is 6.15. The number of nitrogens with two attached hydrogens (primary N) is 1. The van der Waals surface area contributed by atoms with Gasteiger partial charge in [-0.1, -0.05) is 42.5 Å². The van der Waals surface area contributed by atoms with E-state index in [9.17, 15) is 0 Å². The first-order valence-electron chi connectivity index (χ1n) is 6.59. The SMILES string of the molecule is C=C/C=C\C(=C/C)c1cc2c(s1)N(/C(C)=C\N)CC(Cl)=N2. The molecule has 0 spiro atoms. The Morgan fingerprint density at radius 3 is 2.95 bits per heavy atom.